The van der Waals surface area contributed by atoms with Crippen molar-refractivity contribution in [2.75, 3.05) is 23.9 Å². The van der Waals surface area contributed by atoms with E-state index in [1.807, 2.05) is 24.3 Å². The number of carbonyl (C=O) groups is 1. The third-order valence-electron chi connectivity index (χ3n) is 5.71. The van der Waals surface area contributed by atoms with Gasteiger partial charge in [-0.1, -0.05) is 6.07 Å². The highest BCUT2D eigenvalue weighted by atomic mass is 16.6. The Hall–Kier alpha value is -3.09. The highest BCUT2D eigenvalue weighted by Gasteiger charge is 2.40. The molecule has 1 fully saturated rings. The van der Waals surface area contributed by atoms with Crippen LogP contribution < -0.4 is 15.0 Å². The van der Waals surface area contributed by atoms with Crippen LogP contribution in [0.3, 0.4) is 0 Å². The summed E-state index contributed by atoms with van der Waals surface area (Å²) in [6.45, 7) is 0.873. The Bertz CT molecular complexity index is 914. The SMILES string of the molecule is COc1cccc(NC(=O)[C@H]2Cc3cc([N+](=O)[O-])ccc3N3CCCC[C@H]23)c1. The Kier molecular flexibility index (Phi) is 4.90. The molecule has 0 aliphatic carbocycles. The summed E-state index contributed by atoms with van der Waals surface area (Å²) in [6.07, 6.45) is 3.62. The summed E-state index contributed by atoms with van der Waals surface area (Å²) in [5.74, 6) is 0.380. The van der Waals surface area contributed by atoms with Crippen molar-refractivity contribution >= 4 is 23.0 Å². The second kappa shape index (κ2) is 7.50. The third-order valence-corrected chi connectivity index (χ3v) is 5.71. The van der Waals surface area contributed by atoms with Crippen LogP contribution in [0.15, 0.2) is 42.5 Å². The molecule has 2 aromatic rings. The summed E-state index contributed by atoms with van der Waals surface area (Å²) in [5.41, 5.74) is 2.66. The van der Waals surface area contributed by atoms with E-state index >= 15 is 0 Å². The molecule has 2 aromatic carbocycles. The predicted octanol–water partition coefficient (Wildman–Crippen LogP) is 3.77. The number of methoxy groups -OCH3 is 1. The number of non-ortho nitro benzene ring substituents is 1. The molecule has 2 heterocycles. The van der Waals surface area contributed by atoms with Gasteiger partial charge in [-0.15, -0.1) is 0 Å². The van der Waals surface area contributed by atoms with Crippen molar-refractivity contribution in [3.05, 3.63) is 58.1 Å². The molecule has 146 valence electrons. The lowest BCUT2D eigenvalue weighted by molar-refractivity contribution is -0.384. The van der Waals surface area contributed by atoms with Gasteiger partial charge in [0.25, 0.3) is 5.69 Å². The number of nitro groups is 1. The van der Waals surface area contributed by atoms with Gasteiger partial charge in [0.2, 0.25) is 5.91 Å². The zero-order valence-electron chi connectivity index (χ0n) is 15.8. The standard InChI is InChI=1S/C21H23N3O4/c1-28-17-6-4-5-15(13-17)22-21(25)18-12-14-11-16(24(26)27)8-9-19(14)23-10-3-2-7-20(18)23/h4-6,8-9,11,13,18,20H,2-3,7,10,12H2,1H3,(H,22,25)/t18-,20+/m0/s1. The minimum absolute atomic E-state index is 0.0534. The van der Waals surface area contributed by atoms with Crippen LogP contribution in [-0.4, -0.2) is 30.5 Å². The zero-order valence-corrected chi connectivity index (χ0v) is 15.8. The fourth-order valence-electron chi connectivity index (χ4n) is 4.38. The van der Waals surface area contributed by atoms with Gasteiger partial charge in [0, 0.05) is 42.2 Å². The highest BCUT2D eigenvalue weighted by molar-refractivity contribution is 5.94. The summed E-state index contributed by atoms with van der Waals surface area (Å²) in [7, 11) is 1.59. The van der Waals surface area contributed by atoms with Crippen LogP contribution >= 0.6 is 0 Å². The number of rotatable bonds is 4. The van der Waals surface area contributed by atoms with Crippen LogP contribution in [-0.2, 0) is 11.2 Å². The van der Waals surface area contributed by atoms with Crippen molar-refractivity contribution in [2.24, 2.45) is 5.92 Å². The molecule has 2 aliphatic rings. The molecule has 1 saturated heterocycles. The molecule has 0 bridgehead atoms. The molecular weight excluding hydrogens is 358 g/mol. The maximum atomic E-state index is 13.1. The minimum atomic E-state index is -0.381. The Morgan fingerprint density at radius 2 is 2.11 bits per heavy atom. The Labute approximate surface area is 163 Å². The quantitative estimate of drug-likeness (QED) is 0.644. The molecule has 28 heavy (non-hydrogen) atoms. The van der Waals surface area contributed by atoms with Crippen molar-refractivity contribution in [1.29, 1.82) is 0 Å². The molecule has 1 amide bonds. The Morgan fingerprint density at radius 1 is 1.25 bits per heavy atom. The number of amides is 1. The first kappa shape index (κ1) is 18.3. The number of benzene rings is 2. The number of nitrogens with one attached hydrogen (secondary N) is 1. The molecule has 0 saturated carbocycles. The lowest BCUT2D eigenvalue weighted by Crippen LogP contribution is -2.51. The summed E-state index contributed by atoms with van der Waals surface area (Å²) in [4.78, 5) is 26.2. The number of hydrogen-bond donors (Lipinski definition) is 1. The summed E-state index contributed by atoms with van der Waals surface area (Å²) in [6, 6.07) is 12.4. The zero-order chi connectivity index (χ0) is 19.7. The van der Waals surface area contributed by atoms with Gasteiger partial charge in [-0.25, -0.2) is 0 Å². The Balaban J connectivity index is 1.63. The Morgan fingerprint density at radius 3 is 2.89 bits per heavy atom. The van der Waals surface area contributed by atoms with E-state index < -0.39 is 0 Å². The van der Waals surface area contributed by atoms with Gasteiger partial charge >= 0.3 is 0 Å². The first-order valence-corrected chi connectivity index (χ1v) is 9.55. The van der Waals surface area contributed by atoms with Crippen LogP contribution in [0.25, 0.3) is 0 Å². The lowest BCUT2D eigenvalue weighted by atomic mass is 9.80. The second-order valence-corrected chi connectivity index (χ2v) is 7.36. The molecular formula is C21H23N3O4. The van der Waals surface area contributed by atoms with Crippen LogP contribution in [0.4, 0.5) is 17.1 Å². The van der Waals surface area contributed by atoms with Crippen molar-refractivity contribution in [1.82, 2.24) is 0 Å². The van der Waals surface area contributed by atoms with E-state index in [1.54, 1.807) is 25.3 Å². The number of nitro benzene ring substituents is 1. The lowest BCUT2D eigenvalue weighted by Gasteiger charge is -2.45. The number of anilines is 2. The van der Waals surface area contributed by atoms with Crippen LogP contribution in [0.1, 0.15) is 24.8 Å². The number of nitrogens with zero attached hydrogens (tertiary/aromatic N) is 2. The van der Waals surface area contributed by atoms with Gasteiger partial charge in [-0.2, -0.15) is 0 Å². The molecule has 4 rings (SSSR count). The molecule has 0 radical (unpaired) electrons. The van der Waals surface area contributed by atoms with Crippen LogP contribution in [0.2, 0.25) is 0 Å². The molecule has 0 spiro atoms. The minimum Gasteiger partial charge on any atom is -0.497 e. The number of carbonyl (C=O) groups excluding carboxylic acids is 1. The van der Waals surface area contributed by atoms with E-state index in [0.717, 1.165) is 37.1 Å². The van der Waals surface area contributed by atoms with Crippen molar-refractivity contribution in [2.45, 2.75) is 31.7 Å². The molecule has 0 aromatic heterocycles. The number of fused-ring (bicyclic) bond motifs is 3. The average molecular weight is 381 g/mol. The fraction of sp³-hybridized carbons (Fsp3) is 0.381. The molecule has 7 nitrogen and oxygen atoms in total. The van der Waals surface area contributed by atoms with Crippen LogP contribution in [0.5, 0.6) is 5.75 Å². The molecule has 1 N–H and O–H groups in total. The first-order chi connectivity index (χ1) is 13.6. The normalized spacial score (nSPS) is 20.7. The molecule has 0 unspecified atom stereocenters. The maximum Gasteiger partial charge on any atom is 0.269 e. The van der Waals surface area contributed by atoms with Gasteiger partial charge < -0.3 is 15.0 Å². The van der Waals surface area contributed by atoms with Crippen molar-refractivity contribution < 1.29 is 14.5 Å². The van der Waals surface area contributed by atoms with E-state index in [1.165, 1.54) is 0 Å². The van der Waals surface area contributed by atoms with E-state index in [9.17, 15) is 14.9 Å². The average Bonchev–Trinajstić information content (AvgIpc) is 2.72. The highest BCUT2D eigenvalue weighted by Crippen LogP contribution is 2.40. The molecule has 2 aliphatic heterocycles. The van der Waals surface area contributed by atoms with Gasteiger partial charge in [0.1, 0.15) is 5.75 Å². The van der Waals surface area contributed by atoms with E-state index in [0.29, 0.717) is 17.9 Å². The van der Waals surface area contributed by atoms with Crippen LogP contribution in [0, 0.1) is 16.0 Å². The fourth-order valence-corrected chi connectivity index (χ4v) is 4.38. The van der Waals surface area contributed by atoms with E-state index in [4.69, 9.17) is 4.74 Å². The van der Waals surface area contributed by atoms with Gasteiger partial charge in [-0.05, 0) is 49.4 Å². The smallest absolute Gasteiger partial charge is 0.269 e. The molecule has 2 atom stereocenters. The van der Waals surface area contributed by atoms with E-state index in [-0.39, 0.29) is 28.5 Å². The van der Waals surface area contributed by atoms with E-state index in [2.05, 4.69) is 10.2 Å². The first-order valence-electron chi connectivity index (χ1n) is 9.55. The monoisotopic (exact) mass is 381 g/mol. The van der Waals surface area contributed by atoms with Gasteiger partial charge in [0.05, 0.1) is 18.0 Å². The largest absolute Gasteiger partial charge is 0.497 e. The van der Waals surface area contributed by atoms with Gasteiger partial charge in [-0.3, -0.25) is 14.9 Å². The summed E-state index contributed by atoms with van der Waals surface area (Å²) >= 11 is 0. The summed E-state index contributed by atoms with van der Waals surface area (Å²) < 4.78 is 5.23. The second-order valence-electron chi connectivity index (χ2n) is 7.36. The van der Waals surface area contributed by atoms with Gasteiger partial charge in [0.15, 0.2) is 0 Å². The maximum absolute atomic E-state index is 13.1. The topological polar surface area (TPSA) is 84.7 Å². The number of ether oxygens (including phenoxy) is 1. The van der Waals surface area contributed by atoms with Crippen molar-refractivity contribution in [3.8, 4) is 5.75 Å². The third kappa shape index (κ3) is 3.40. The predicted molar refractivity (Wildman–Crippen MR) is 107 cm³/mol. The summed E-state index contributed by atoms with van der Waals surface area (Å²) in [5, 5.41) is 14.2. The van der Waals surface area contributed by atoms with Crippen molar-refractivity contribution in [3.63, 3.8) is 0 Å². The number of hydrogen-bond acceptors (Lipinski definition) is 5. The number of piperidine rings is 1. The molecule has 7 heteroatoms.